The number of piperidine rings is 1. The summed E-state index contributed by atoms with van der Waals surface area (Å²) in [6.07, 6.45) is 1.04. The SMILES string of the molecule is CC1CC(C)CN(S(=O)(=O)c2cccc(C(=O)CNc3ccc(I)cc3)c2)C1. The molecule has 0 spiro atoms. The molecule has 2 aromatic carbocycles. The quantitative estimate of drug-likeness (QED) is 0.464. The third-order valence-electron chi connectivity index (χ3n) is 4.93. The Bertz CT molecular complexity index is 934. The summed E-state index contributed by atoms with van der Waals surface area (Å²) in [7, 11) is -3.60. The number of hydrogen-bond acceptors (Lipinski definition) is 4. The maximum absolute atomic E-state index is 13.1. The Kier molecular flexibility index (Phi) is 6.77. The number of carbonyl (C=O) groups excluding carboxylic acids is 1. The monoisotopic (exact) mass is 512 g/mol. The van der Waals surface area contributed by atoms with Gasteiger partial charge in [-0.2, -0.15) is 4.31 Å². The van der Waals surface area contributed by atoms with Crippen LogP contribution >= 0.6 is 22.6 Å². The van der Waals surface area contributed by atoms with Crippen molar-refractivity contribution < 1.29 is 13.2 Å². The number of sulfonamides is 1. The molecule has 0 bridgehead atoms. The normalized spacial score (nSPS) is 20.7. The Morgan fingerprint density at radius 2 is 1.75 bits per heavy atom. The van der Waals surface area contributed by atoms with Crippen molar-refractivity contribution in [2.45, 2.75) is 25.2 Å². The molecule has 0 amide bonds. The van der Waals surface area contributed by atoms with E-state index in [1.165, 1.54) is 6.07 Å². The topological polar surface area (TPSA) is 66.5 Å². The van der Waals surface area contributed by atoms with Gasteiger partial charge in [0.2, 0.25) is 10.0 Å². The number of Topliss-reactive ketones (excluding diaryl/α,β-unsaturated/α-hetero) is 1. The molecule has 7 heteroatoms. The first-order chi connectivity index (χ1) is 13.3. The Labute approximate surface area is 180 Å². The predicted octanol–water partition coefficient (Wildman–Crippen LogP) is 4.25. The minimum atomic E-state index is -3.60. The van der Waals surface area contributed by atoms with Crippen LogP contribution in [0.2, 0.25) is 0 Å². The highest BCUT2D eigenvalue weighted by molar-refractivity contribution is 14.1. The average molecular weight is 512 g/mol. The van der Waals surface area contributed by atoms with Gasteiger partial charge in [-0.3, -0.25) is 4.79 Å². The third kappa shape index (κ3) is 5.12. The lowest BCUT2D eigenvalue weighted by Gasteiger charge is -2.34. The van der Waals surface area contributed by atoms with Crippen molar-refractivity contribution in [2.24, 2.45) is 11.8 Å². The number of nitrogens with one attached hydrogen (secondary N) is 1. The number of halogens is 1. The summed E-state index contributed by atoms with van der Waals surface area (Å²) in [6.45, 7) is 5.32. The first kappa shape index (κ1) is 21.3. The van der Waals surface area contributed by atoms with Gasteiger partial charge in [-0.05, 0) is 77.2 Å². The van der Waals surface area contributed by atoms with Gasteiger partial charge in [0.05, 0.1) is 11.4 Å². The predicted molar refractivity (Wildman–Crippen MR) is 120 cm³/mol. The molecule has 1 N–H and O–H groups in total. The summed E-state index contributed by atoms with van der Waals surface area (Å²) in [5, 5.41) is 3.09. The highest BCUT2D eigenvalue weighted by atomic mass is 127. The van der Waals surface area contributed by atoms with E-state index < -0.39 is 10.0 Å². The zero-order valence-corrected chi connectivity index (χ0v) is 19.0. The lowest BCUT2D eigenvalue weighted by Crippen LogP contribution is -2.42. The van der Waals surface area contributed by atoms with Crippen LogP contribution < -0.4 is 5.32 Å². The number of benzene rings is 2. The van der Waals surface area contributed by atoms with Gasteiger partial charge in [-0.25, -0.2) is 8.42 Å². The second kappa shape index (κ2) is 8.92. The number of ketones is 1. The number of carbonyl (C=O) groups is 1. The Morgan fingerprint density at radius 1 is 1.11 bits per heavy atom. The molecule has 3 rings (SSSR count). The molecule has 2 aromatic rings. The van der Waals surface area contributed by atoms with E-state index in [9.17, 15) is 13.2 Å². The summed E-state index contributed by atoms with van der Waals surface area (Å²) in [5.41, 5.74) is 1.26. The maximum atomic E-state index is 13.1. The number of anilines is 1. The first-order valence-corrected chi connectivity index (χ1v) is 11.9. The molecular formula is C21H25IN2O3S. The smallest absolute Gasteiger partial charge is 0.243 e. The van der Waals surface area contributed by atoms with E-state index in [0.29, 0.717) is 30.5 Å². The molecule has 28 heavy (non-hydrogen) atoms. The minimum absolute atomic E-state index is 0.113. The largest absolute Gasteiger partial charge is 0.378 e. The van der Waals surface area contributed by atoms with E-state index in [4.69, 9.17) is 0 Å². The van der Waals surface area contributed by atoms with Crippen LogP contribution in [0.5, 0.6) is 0 Å². The molecule has 5 nitrogen and oxygen atoms in total. The highest BCUT2D eigenvalue weighted by Gasteiger charge is 2.31. The lowest BCUT2D eigenvalue weighted by atomic mass is 9.94. The van der Waals surface area contributed by atoms with Crippen LogP contribution in [0.15, 0.2) is 53.4 Å². The fourth-order valence-electron chi connectivity index (χ4n) is 3.63. The van der Waals surface area contributed by atoms with Crippen molar-refractivity contribution in [1.82, 2.24) is 4.31 Å². The molecule has 2 unspecified atom stereocenters. The third-order valence-corrected chi connectivity index (χ3v) is 7.47. The molecule has 0 saturated carbocycles. The van der Waals surface area contributed by atoms with Crippen molar-refractivity contribution in [2.75, 3.05) is 25.0 Å². The first-order valence-electron chi connectivity index (χ1n) is 9.38. The van der Waals surface area contributed by atoms with Gasteiger partial charge in [0.1, 0.15) is 0 Å². The minimum Gasteiger partial charge on any atom is -0.378 e. The zero-order valence-electron chi connectivity index (χ0n) is 16.1. The fraction of sp³-hybridized carbons (Fsp3) is 0.381. The van der Waals surface area contributed by atoms with Gasteiger partial charge in [0, 0.05) is 27.9 Å². The summed E-state index contributed by atoms with van der Waals surface area (Å²) >= 11 is 2.22. The second-order valence-corrected chi connectivity index (χ2v) is 10.8. The standard InChI is InChI=1S/C21H25IN2O3S/c1-15-10-16(2)14-24(13-15)28(26,27)20-5-3-4-17(11-20)21(25)12-23-19-8-6-18(22)7-9-19/h3-9,11,15-16,23H,10,12-14H2,1-2H3. The number of nitrogens with zero attached hydrogens (tertiary/aromatic N) is 1. The van der Waals surface area contributed by atoms with Gasteiger partial charge < -0.3 is 5.32 Å². The van der Waals surface area contributed by atoms with Crippen LogP contribution in [0.3, 0.4) is 0 Å². The summed E-state index contributed by atoms with van der Waals surface area (Å²) in [5.74, 6) is 0.527. The Balaban J connectivity index is 1.73. The summed E-state index contributed by atoms with van der Waals surface area (Å²) in [6, 6.07) is 14.1. The van der Waals surface area contributed by atoms with Gasteiger partial charge in [0.25, 0.3) is 0 Å². The molecular weight excluding hydrogens is 487 g/mol. The van der Waals surface area contributed by atoms with Gasteiger partial charge in [-0.1, -0.05) is 26.0 Å². The molecule has 2 atom stereocenters. The van der Waals surface area contributed by atoms with Crippen LogP contribution in [-0.2, 0) is 10.0 Å². The highest BCUT2D eigenvalue weighted by Crippen LogP contribution is 2.27. The summed E-state index contributed by atoms with van der Waals surface area (Å²) in [4.78, 5) is 12.8. The molecule has 1 heterocycles. The van der Waals surface area contributed by atoms with Gasteiger partial charge in [0.15, 0.2) is 5.78 Å². The molecule has 0 aromatic heterocycles. The van der Waals surface area contributed by atoms with E-state index in [1.54, 1.807) is 22.5 Å². The maximum Gasteiger partial charge on any atom is 0.243 e. The van der Waals surface area contributed by atoms with Crippen LogP contribution in [0.4, 0.5) is 5.69 Å². The lowest BCUT2D eigenvalue weighted by molar-refractivity contribution is 0.101. The van der Waals surface area contributed by atoms with Crippen LogP contribution in [0.1, 0.15) is 30.6 Å². The average Bonchev–Trinajstić information content (AvgIpc) is 2.66. The van der Waals surface area contributed by atoms with E-state index in [0.717, 1.165) is 15.7 Å². The van der Waals surface area contributed by atoms with E-state index in [-0.39, 0.29) is 17.2 Å². The van der Waals surface area contributed by atoms with E-state index >= 15 is 0 Å². The summed E-state index contributed by atoms with van der Waals surface area (Å²) < 4.78 is 28.8. The van der Waals surface area contributed by atoms with E-state index in [1.807, 2.05) is 24.3 Å². The Morgan fingerprint density at radius 3 is 2.39 bits per heavy atom. The fourth-order valence-corrected chi connectivity index (χ4v) is 5.72. The van der Waals surface area contributed by atoms with Crippen molar-refractivity contribution in [3.8, 4) is 0 Å². The van der Waals surface area contributed by atoms with E-state index in [2.05, 4.69) is 41.8 Å². The number of rotatable bonds is 6. The molecule has 1 fully saturated rings. The van der Waals surface area contributed by atoms with Crippen molar-refractivity contribution in [3.63, 3.8) is 0 Å². The van der Waals surface area contributed by atoms with Gasteiger partial charge in [-0.15, -0.1) is 0 Å². The molecule has 1 aliphatic heterocycles. The van der Waals surface area contributed by atoms with Crippen molar-refractivity contribution >= 4 is 44.1 Å². The molecule has 1 aliphatic rings. The van der Waals surface area contributed by atoms with Crippen LogP contribution in [0.25, 0.3) is 0 Å². The van der Waals surface area contributed by atoms with Gasteiger partial charge >= 0.3 is 0 Å². The molecule has 0 radical (unpaired) electrons. The van der Waals surface area contributed by atoms with Crippen molar-refractivity contribution in [3.05, 3.63) is 57.7 Å². The molecule has 150 valence electrons. The van der Waals surface area contributed by atoms with Crippen molar-refractivity contribution in [1.29, 1.82) is 0 Å². The van der Waals surface area contributed by atoms with Crippen LogP contribution in [-0.4, -0.2) is 38.1 Å². The second-order valence-electron chi connectivity index (χ2n) is 7.58. The van der Waals surface area contributed by atoms with Crippen LogP contribution in [0, 0.1) is 15.4 Å². The molecule has 0 aliphatic carbocycles. The number of hydrogen-bond donors (Lipinski definition) is 1. The molecule has 1 saturated heterocycles. The zero-order chi connectivity index (χ0) is 20.3. The Hall–Kier alpha value is -1.45.